The quantitative estimate of drug-likeness (QED) is 0.823. The van der Waals surface area contributed by atoms with E-state index in [-0.39, 0.29) is 6.29 Å². The molecule has 1 heterocycles. The summed E-state index contributed by atoms with van der Waals surface area (Å²) in [5.74, 6) is 0.868. The van der Waals surface area contributed by atoms with Crippen LogP contribution in [0.3, 0.4) is 0 Å². The maximum Gasteiger partial charge on any atom is 0.173 e. The molecule has 1 N–H and O–H groups in total. The van der Waals surface area contributed by atoms with Gasteiger partial charge in [0.2, 0.25) is 0 Å². The normalized spacial score (nSPS) is 11.1. The van der Waals surface area contributed by atoms with Crippen LogP contribution < -0.4 is 5.32 Å². The number of nitrogens with one attached hydrogen (secondary N) is 1. The maximum absolute atomic E-state index is 5.14. The Labute approximate surface area is 107 Å². The molecule has 0 saturated carbocycles. The molecule has 0 unspecified atom stereocenters. The third kappa shape index (κ3) is 2.78. The largest absolute Gasteiger partial charge is 0.365 e. The van der Waals surface area contributed by atoms with Crippen LogP contribution in [0.15, 0.2) is 30.3 Å². The maximum atomic E-state index is 5.14. The van der Waals surface area contributed by atoms with E-state index in [4.69, 9.17) is 9.47 Å². The van der Waals surface area contributed by atoms with Crippen LogP contribution in [0.25, 0.3) is 10.9 Å². The van der Waals surface area contributed by atoms with Gasteiger partial charge in [-0.15, -0.1) is 0 Å². The van der Waals surface area contributed by atoms with Crippen molar-refractivity contribution in [2.75, 3.05) is 26.1 Å². The lowest BCUT2D eigenvalue weighted by molar-refractivity contribution is -0.0914. The number of hydrogen-bond donors (Lipinski definition) is 1. The van der Waals surface area contributed by atoms with E-state index in [1.54, 1.807) is 14.2 Å². The molecule has 0 aliphatic heterocycles. The van der Waals surface area contributed by atoms with Gasteiger partial charge in [-0.05, 0) is 24.6 Å². The summed E-state index contributed by atoms with van der Waals surface area (Å²) in [7, 11) is 3.24. The van der Waals surface area contributed by atoms with Gasteiger partial charge in [-0.3, -0.25) is 0 Å². The Morgan fingerprint density at radius 3 is 2.67 bits per heavy atom. The molecule has 0 bridgehead atoms. The van der Waals surface area contributed by atoms with Gasteiger partial charge < -0.3 is 14.8 Å². The average Bonchev–Trinajstić information content (AvgIpc) is 2.40. The first-order valence-electron chi connectivity index (χ1n) is 5.90. The number of nitrogens with zero attached hydrogens (tertiary/aromatic N) is 1. The molecule has 4 nitrogen and oxygen atoms in total. The number of hydrogen-bond acceptors (Lipinski definition) is 4. The first-order valence-corrected chi connectivity index (χ1v) is 5.90. The summed E-state index contributed by atoms with van der Waals surface area (Å²) in [6.45, 7) is 2.61. The van der Waals surface area contributed by atoms with Crippen molar-refractivity contribution in [1.29, 1.82) is 0 Å². The summed E-state index contributed by atoms with van der Waals surface area (Å²) < 4.78 is 10.3. The highest BCUT2D eigenvalue weighted by molar-refractivity contribution is 5.81. The van der Waals surface area contributed by atoms with E-state index in [0.717, 1.165) is 22.3 Å². The van der Waals surface area contributed by atoms with E-state index < -0.39 is 0 Å². The van der Waals surface area contributed by atoms with Gasteiger partial charge in [0.05, 0.1) is 12.1 Å². The molecule has 0 atom stereocenters. The zero-order chi connectivity index (χ0) is 13.0. The lowest BCUT2D eigenvalue weighted by Crippen LogP contribution is -2.24. The zero-order valence-corrected chi connectivity index (χ0v) is 10.9. The van der Waals surface area contributed by atoms with Crippen molar-refractivity contribution in [2.45, 2.75) is 13.2 Å². The molecular formula is C14H18N2O2. The minimum Gasteiger partial charge on any atom is -0.365 e. The van der Waals surface area contributed by atoms with Crippen LogP contribution in [0, 0.1) is 6.92 Å². The molecule has 1 aromatic carbocycles. The Morgan fingerprint density at radius 2 is 1.94 bits per heavy atom. The smallest absolute Gasteiger partial charge is 0.173 e. The summed E-state index contributed by atoms with van der Waals surface area (Å²) in [6.07, 6.45) is -0.266. The number of anilines is 1. The topological polar surface area (TPSA) is 43.4 Å². The van der Waals surface area contributed by atoms with Crippen molar-refractivity contribution < 1.29 is 9.47 Å². The minimum atomic E-state index is -0.266. The van der Waals surface area contributed by atoms with Gasteiger partial charge in [-0.1, -0.05) is 18.2 Å². The van der Waals surface area contributed by atoms with E-state index in [0.29, 0.717) is 6.54 Å². The second-order valence-corrected chi connectivity index (χ2v) is 4.13. The van der Waals surface area contributed by atoms with Crippen molar-refractivity contribution in [3.05, 3.63) is 35.9 Å². The van der Waals surface area contributed by atoms with Crippen molar-refractivity contribution in [3.8, 4) is 0 Å². The van der Waals surface area contributed by atoms with Crippen LogP contribution in [0.4, 0.5) is 5.82 Å². The van der Waals surface area contributed by atoms with Gasteiger partial charge in [-0.25, -0.2) is 4.98 Å². The highest BCUT2D eigenvalue weighted by Gasteiger charge is 2.07. The summed E-state index contributed by atoms with van der Waals surface area (Å²) in [4.78, 5) is 4.59. The van der Waals surface area contributed by atoms with E-state index in [2.05, 4.69) is 22.4 Å². The molecule has 0 spiro atoms. The van der Waals surface area contributed by atoms with Crippen molar-refractivity contribution in [2.24, 2.45) is 0 Å². The lowest BCUT2D eigenvalue weighted by atomic mass is 10.1. The predicted octanol–water partition coefficient (Wildman–Crippen LogP) is 2.57. The van der Waals surface area contributed by atoms with Crippen LogP contribution in [0.1, 0.15) is 5.56 Å². The molecular weight excluding hydrogens is 228 g/mol. The van der Waals surface area contributed by atoms with Gasteiger partial charge in [0, 0.05) is 19.6 Å². The van der Waals surface area contributed by atoms with Crippen molar-refractivity contribution in [1.82, 2.24) is 4.98 Å². The van der Waals surface area contributed by atoms with Crippen LogP contribution in [-0.4, -0.2) is 32.0 Å². The molecule has 1 aromatic heterocycles. The molecule has 0 aliphatic rings. The molecule has 0 fully saturated rings. The third-order valence-electron chi connectivity index (χ3n) is 2.88. The number of fused-ring (bicyclic) bond motifs is 1. The second kappa shape index (κ2) is 5.80. The Bertz CT molecular complexity index is 524. The number of aryl methyl sites for hydroxylation is 1. The second-order valence-electron chi connectivity index (χ2n) is 4.13. The standard InChI is InChI=1S/C14H18N2O2/c1-10-8-11-6-4-5-7-12(11)16-14(10)15-9-13(17-2)18-3/h4-8,13H,9H2,1-3H3,(H,15,16). The summed E-state index contributed by atoms with van der Waals surface area (Å²) in [5, 5.41) is 4.39. The summed E-state index contributed by atoms with van der Waals surface area (Å²) >= 11 is 0. The van der Waals surface area contributed by atoms with E-state index in [1.807, 2.05) is 25.1 Å². The minimum absolute atomic E-state index is 0.266. The SMILES string of the molecule is COC(CNc1nc2ccccc2cc1C)OC. The van der Waals surface area contributed by atoms with Crippen LogP contribution in [0.2, 0.25) is 0 Å². The van der Waals surface area contributed by atoms with Gasteiger partial charge in [0.25, 0.3) is 0 Å². The monoisotopic (exact) mass is 246 g/mol. The molecule has 96 valence electrons. The molecule has 0 radical (unpaired) electrons. The van der Waals surface area contributed by atoms with Crippen LogP contribution >= 0.6 is 0 Å². The average molecular weight is 246 g/mol. The fourth-order valence-corrected chi connectivity index (χ4v) is 1.84. The molecule has 18 heavy (non-hydrogen) atoms. The fourth-order valence-electron chi connectivity index (χ4n) is 1.84. The van der Waals surface area contributed by atoms with E-state index in [9.17, 15) is 0 Å². The predicted molar refractivity (Wildman–Crippen MR) is 72.8 cm³/mol. The third-order valence-corrected chi connectivity index (χ3v) is 2.88. The molecule has 0 saturated heterocycles. The number of benzene rings is 1. The number of ether oxygens (including phenoxy) is 2. The number of para-hydroxylation sites is 1. The Balaban J connectivity index is 2.20. The first-order chi connectivity index (χ1) is 8.74. The van der Waals surface area contributed by atoms with Crippen LogP contribution in [0.5, 0.6) is 0 Å². The zero-order valence-electron chi connectivity index (χ0n) is 10.9. The number of pyridine rings is 1. The molecule has 0 amide bonds. The fraction of sp³-hybridized carbons (Fsp3) is 0.357. The highest BCUT2D eigenvalue weighted by Crippen LogP contribution is 2.19. The van der Waals surface area contributed by atoms with Gasteiger partial charge >= 0.3 is 0 Å². The van der Waals surface area contributed by atoms with Gasteiger partial charge in [-0.2, -0.15) is 0 Å². The van der Waals surface area contributed by atoms with Crippen molar-refractivity contribution >= 4 is 16.7 Å². The molecule has 4 heteroatoms. The number of aromatic nitrogens is 1. The van der Waals surface area contributed by atoms with Crippen molar-refractivity contribution in [3.63, 3.8) is 0 Å². The molecule has 2 rings (SSSR count). The summed E-state index contributed by atoms with van der Waals surface area (Å²) in [6, 6.07) is 10.2. The Morgan fingerprint density at radius 1 is 1.22 bits per heavy atom. The number of rotatable bonds is 5. The molecule has 0 aliphatic carbocycles. The first kappa shape index (κ1) is 12.8. The Kier molecular flexibility index (Phi) is 4.12. The number of methoxy groups -OCH3 is 2. The Hall–Kier alpha value is -1.65. The van der Waals surface area contributed by atoms with Gasteiger partial charge in [0.15, 0.2) is 6.29 Å². The van der Waals surface area contributed by atoms with Gasteiger partial charge in [0.1, 0.15) is 5.82 Å². The van der Waals surface area contributed by atoms with Crippen LogP contribution in [-0.2, 0) is 9.47 Å². The van der Waals surface area contributed by atoms with E-state index >= 15 is 0 Å². The summed E-state index contributed by atoms with van der Waals surface area (Å²) in [5.41, 5.74) is 2.09. The molecule has 2 aromatic rings. The highest BCUT2D eigenvalue weighted by atomic mass is 16.7. The van der Waals surface area contributed by atoms with E-state index in [1.165, 1.54) is 0 Å². The lowest BCUT2D eigenvalue weighted by Gasteiger charge is -2.16.